The minimum absolute atomic E-state index is 0.0153. The van der Waals surface area contributed by atoms with Crippen molar-refractivity contribution in [1.29, 1.82) is 0 Å². The summed E-state index contributed by atoms with van der Waals surface area (Å²) in [5, 5.41) is -0.0153. The highest BCUT2D eigenvalue weighted by Gasteiger charge is 2.33. The van der Waals surface area contributed by atoms with Crippen molar-refractivity contribution in [1.82, 2.24) is 0 Å². The molecule has 1 atom stereocenters. The second kappa shape index (κ2) is 7.18. The lowest BCUT2D eigenvalue weighted by atomic mass is 10.1. The van der Waals surface area contributed by atoms with Crippen LogP contribution < -0.4 is 4.90 Å². The first kappa shape index (κ1) is 16.6. The molecule has 1 unspecified atom stereocenters. The first-order chi connectivity index (χ1) is 12.7. The number of imide groups is 1. The fraction of sp³-hybridized carbons (Fsp3) is 0.0909. The molecule has 0 fully saturated rings. The molecule has 1 heterocycles. The van der Waals surface area contributed by atoms with E-state index in [2.05, 4.69) is 0 Å². The predicted octanol–water partition coefficient (Wildman–Crippen LogP) is 5.10. The molecule has 26 heavy (non-hydrogen) atoms. The number of carbonyl (C=O) groups excluding carboxylic acids is 2. The van der Waals surface area contributed by atoms with Crippen molar-refractivity contribution in [3.63, 3.8) is 0 Å². The Bertz CT molecular complexity index is 941. The first-order valence-electron chi connectivity index (χ1n) is 8.47. The molecule has 0 N–H and O–H groups in total. The van der Waals surface area contributed by atoms with Gasteiger partial charge in [-0.1, -0.05) is 60.7 Å². The van der Waals surface area contributed by atoms with Crippen LogP contribution in [0.15, 0.2) is 89.8 Å². The Labute approximate surface area is 156 Å². The van der Waals surface area contributed by atoms with Gasteiger partial charge in [0.05, 0.1) is 5.69 Å². The molecular weight excluding hydrogens is 342 g/mol. The molecule has 2 amide bonds. The lowest BCUT2D eigenvalue weighted by Crippen LogP contribution is -2.36. The van der Waals surface area contributed by atoms with Crippen LogP contribution in [0.4, 0.5) is 5.69 Å². The van der Waals surface area contributed by atoms with E-state index in [1.54, 1.807) is 23.9 Å². The smallest absolute Gasteiger partial charge is 0.265 e. The van der Waals surface area contributed by atoms with Gasteiger partial charge in [0.1, 0.15) is 0 Å². The molecule has 3 aromatic rings. The molecular formula is C22H17NO2S. The fourth-order valence-corrected chi connectivity index (χ4v) is 4.37. The summed E-state index contributed by atoms with van der Waals surface area (Å²) in [4.78, 5) is 28.4. The average molecular weight is 359 g/mol. The second-order valence-corrected chi connectivity index (χ2v) is 7.33. The fourth-order valence-electron chi connectivity index (χ4n) is 3.11. The van der Waals surface area contributed by atoms with Crippen LogP contribution in [0.1, 0.15) is 27.6 Å². The van der Waals surface area contributed by atoms with Crippen molar-refractivity contribution >= 4 is 29.3 Å². The number of fused-ring (bicyclic) bond motifs is 1. The van der Waals surface area contributed by atoms with E-state index >= 15 is 0 Å². The molecule has 4 rings (SSSR count). The molecule has 128 valence electrons. The van der Waals surface area contributed by atoms with Crippen LogP contribution in [0.3, 0.4) is 0 Å². The Kier molecular flexibility index (Phi) is 4.59. The maximum Gasteiger partial charge on any atom is 0.265 e. The van der Waals surface area contributed by atoms with Crippen molar-refractivity contribution in [3.8, 4) is 0 Å². The molecule has 3 nitrogen and oxygen atoms in total. The van der Waals surface area contributed by atoms with Gasteiger partial charge in [0.15, 0.2) is 0 Å². The summed E-state index contributed by atoms with van der Waals surface area (Å²) in [6.07, 6.45) is 0.280. The summed E-state index contributed by atoms with van der Waals surface area (Å²) in [6.45, 7) is 0. The molecule has 0 radical (unpaired) electrons. The quantitative estimate of drug-likeness (QED) is 0.598. The van der Waals surface area contributed by atoms with Gasteiger partial charge in [-0.25, -0.2) is 4.90 Å². The van der Waals surface area contributed by atoms with E-state index < -0.39 is 0 Å². The Balaban J connectivity index is 1.77. The van der Waals surface area contributed by atoms with Crippen LogP contribution in [0.5, 0.6) is 0 Å². The number of hydrogen-bond donors (Lipinski definition) is 0. The molecule has 0 aliphatic carbocycles. The highest BCUT2D eigenvalue weighted by Crippen LogP contribution is 2.45. The van der Waals surface area contributed by atoms with Crippen LogP contribution in [-0.4, -0.2) is 11.8 Å². The monoisotopic (exact) mass is 359 g/mol. The van der Waals surface area contributed by atoms with Gasteiger partial charge in [-0.05, 0) is 29.8 Å². The molecule has 1 aliphatic rings. The molecule has 1 aliphatic heterocycles. The Morgan fingerprint density at radius 3 is 2.19 bits per heavy atom. The molecule has 0 aromatic heterocycles. The summed E-state index contributed by atoms with van der Waals surface area (Å²) in [7, 11) is 0. The molecule has 3 aromatic carbocycles. The number of thioether (sulfide) groups is 1. The maximum atomic E-state index is 13.1. The van der Waals surface area contributed by atoms with Crippen LogP contribution in [-0.2, 0) is 4.79 Å². The number of carbonyl (C=O) groups is 2. The highest BCUT2D eigenvalue weighted by atomic mass is 32.2. The lowest BCUT2D eigenvalue weighted by molar-refractivity contribution is -0.118. The normalized spacial score (nSPS) is 16.7. The van der Waals surface area contributed by atoms with Crippen molar-refractivity contribution in [2.24, 2.45) is 0 Å². The third kappa shape index (κ3) is 3.16. The number of para-hydroxylation sites is 1. The third-order valence-corrected chi connectivity index (χ3v) is 5.70. The number of nitrogens with zero attached hydrogens (tertiary/aromatic N) is 1. The average Bonchev–Trinajstić information content (AvgIpc) is 2.84. The summed E-state index contributed by atoms with van der Waals surface area (Å²) < 4.78 is 0. The van der Waals surface area contributed by atoms with Gasteiger partial charge in [0, 0.05) is 22.1 Å². The van der Waals surface area contributed by atoms with E-state index in [-0.39, 0.29) is 23.5 Å². The van der Waals surface area contributed by atoms with Crippen LogP contribution in [0.2, 0.25) is 0 Å². The molecule has 0 saturated heterocycles. The first-order valence-corrected chi connectivity index (χ1v) is 9.35. The van der Waals surface area contributed by atoms with Crippen LogP contribution in [0, 0.1) is 0 Å². The van der Waals surface area contributed by atoms with Gasteiger partial charge in [-0.2, -0.15) is 0 Å². The standard InChI is InChI=1S/C22H17NO2S/c24-21-15-20(16-9-3-1-4-10-16)26-19-14-8-7-13-18(19)23(21)22(25)17-11-5-2-6-12-17/h1-14,20H,15H2. The van der Waals surface area contributed by atoms with Crippen molar-refractivity contribution in [2.45, 2.75) is 16.6 Å². The number of anilines is 1. The molecule has 4 heteroatoms. The number of hydrogen-bond acceptors (Lipinski definition) is 3. The lowest BCUT2D eigenvalue weighted by Gasteiger charge is -2.20. The zero-order valence-corrected chi connectivity index (χ0v) is 14.9. The van der Waals surface area contributed by atoms with Gasteiger partial charge >= 0.3 is 0 Å². The van der Waals surface area contributed by atoms with E-state index in [4.69, 9.17) is 0 Å². The zero-order valence-electron chi connectivity index (χ0n) is 14.0. The molecule has 0 saturated carbocycles. The van der Waals surface area contributed by atoms with Crippen molar-refractivity contribution < 1.29 is 9.59 Å². The zero-order chi connectivity index (χ0) is 17.9. The van der Waals surface area contributed by atoms with Gasteiger partial charge in [0.2, 0.25) is 5.91 Å². The van der Waals surface area contributed by atoms with Gasteiger partial charge in [-0.3, -0.25) is 9.59 Å². The van der Waals surface area contributed by atoms with E-state index in [1.165, 1.54) is 4.90 Å². The van der Waals surface area contributed by atoms with Crippen LogP contribution >= 0.6 is 11.8 Å². The summed E-state index contributed by atoms with van der Waals surface area (Å²) in [6, 6.07) is 26.5. The Hall–Kier alpha value is -2.85. The number of amides is 2. The largest absolute Gasteiger partial charge is 0.274 e. The summed E-state index contributed by atoms with van der Waals surface area (Å²) in [5.74, 6) is -0.456. The van der Waals surface area contributed by atoms with E-state index in [1.807, 2.05) is 72.8 Å². The number of benzene rings is 3. The van der Waals surface area contributed by atoms with Gasteiger partial charge in [0.25, 0.3) is 5.91 Å². The highest BCUT2D eigenvalue weighted by molar-refractivity contribution is 7.99. The third-order valence-electron chi connectivity index (χ3n) is 4.38. The second-order valence-electron chi connectivity index (χ2n) is 6.09. The van der Waals surface area contributed by atoms with E-state index in [0.717, 1.165) is 10.5 Å². The Morgan fingerprint density at radius 1 is 0.846 bits per heavy atom. The maximum absolute atomic E-state index is 13.1. The number of rotatable bonds is 2. The topological polar surface area (TPSA) is 37.4 Å². The summed E-state index contributed by atoms with van der Waals surface area (Å²) in [5.41, 5.74) is 2.27. The Morgan fingerprint density at radius 2 is 1.46 bits per heavy atom. The van der Waals surface area contributed by atoms with E-state index in [0.29, 0.717) is 11.3 Å². The SMILES string of the molecule is O=C1CC(c2ccccc2)Sc2ccccc2N1C(=O)c1ccccc1. The predicted molar refractivity (Wildman–Crippen MR) is 104 cm³/mol. The summed E-state index contributed by atoms with van der Waals surface area (Å²) >= 11 is 1.64. The molecule has 0 spiro atoms. The minimum atomic E-state index is -0.280. The van der Waals surface area contributed by atoms with E-state index in [9.17, 15) is 9.59 Å². The van der Waals surface area contributed by atoms with Gasteiger partial charge in [-0.15, -0.1) is 11.8 Å². The van der Waals surface area contributed by atoms with Gasteiger partial charge < -0.3 is 0 Å². The van der Waals surface area contributed by atoms with Crippen molar-refractivity contribution in [3.05, 3.63) is 96.1 Å². The van der Waals surface area contributed by atoms with Crippen molar-refractivity contribution in [2.75, 3.05) is 4.90 Å². The molecule has 0 bridgehead atoms. The van der Waals surface area contributed by atoms with Crippen LogP contribution in [0.25, 0.3) is 0 Å². The minimum Gasteiger partial charge on any atom is -0.274 e.